The molecule has 0 saturated carbocycles. The Hall–Kier alpha value is -2.85. The number of amides is 1. The van der Waals surface area contributed by atoms with E-state index in [9.17, 15) is 4.79 Å². The Morgan fingerprint density at radius 2 is 1.57 bits per heavy atom. The van der Waals surface area contributed by atoms with E-state index in [4.69, 9.17) is 0 Å². The molecule has 2 saturated heterocycles. The molecule has 1 amide bonds. The van der Waals surface area contributed by atoms with Crippen molar-refractivity contribution in [1.82, 2.24) is 10.2 Å². The number of nitrogens with zero attached hydrogens (tertiary/aromatic N) is 2. The molecule has 2 aliphatic heterocycles. The van der Waals surface area contributed by atoms with Gasteiger partial charge in [0.05, 0.1) is 6.67 Å². The highest BCUT2D eigenvalue weighted by Crippen LogP contribution is 2.36. The van der Waals surface area contributed by atoms with Crippen LogP contribution in [0, 0.1) is 0 Å². The Balaban J connectivity index is 1.31. The van der Waals surface area contributed by atoms with E-state index < -0.39 is 5.54 Å². The average Bonchev–Trinajstić information content (AvgIpc) is 3.06. The van der Waals surface area contributed by atoms with Crippen molar-refractivity contribution in [3.8, 4) is 0 Å². The van der Waals surface area contributed by atoms with Crippen molar-refractivity contribution in [2.75, 3.05) is 24.7 Å². The highest BCUT2D eigenvalue weighted by atomic mass is 16.2. The summed E-state index contributed by atoms with van der Waals surface area (Å²) < 4.78 is 0. The summed E-state index contributed by atoms with van der Waals surface area (Å²) in [6.45, 7) is 3.41. The summed E-state index contributed by atoms with van der Waals surface area (Å²) in [7, 11) is 0. The lowest BCUT2D eigenvalue weighted by Gasteiger charge is -2.43. The fraction of sp³-hybridized carbons (Fsp3) is 0.292. The van der Waals surface area contributed by atoms with E-state index in [1.54, 1.807) is 0 Å². The smallest absolute Gasteiger partial charge is 0.247 e. The van der Waals surface area contributed by atoms with Crippen LogP contribution in [0.3, 0.4) is 0 Å². The number of anilines is 1. The molecule has 3 aromatic rings. The number of fused-ring (bicyclic) bond motifs is 1. The summed E-state index contributed by atoms with van der Waals surface area (Å²) in [6.07, 6.45) is 1.72. The Kier molecular flexibility index (Phi) is 4.29. The lowest BCUT2D eigenvalue weighted by Crippen LogP contribution is -2.56. The topological polar surface area (TPSA) is 35.6 Å². The van der Waals surface area contributed by atoms with E-state index in [0.29, 0.717) is 6.67 Å². The molecule has 142 valence electrons. The molecule has 2 heterocycles. The molecule has 0 aromatic heterocycles. The molecule has 5 rings (SSSR count). The van der Waals surface area contributed by atoms with Crippen LogP contribution < -0.4 is 10.2 Å². The molecule has 4 nitrogen and oxygen atoms in total. The highest BCUT2D eigenvalue weighted by Gasteiger charge is 2.50. The number of hydrogen-bond donors (Lipinski definition) is 1. The number of carbonyl (C=O) groups excluding carboxylic acids is 1. The minimum Gasteiger partial charge on any atom is -0.339 e. The highest BCUT2D eigenvalue weighted by molar-refractivity contribution is 5.93. The van der Waals surface area contributed by atoms with Crippen LogP contribution in [0.2, 0.25) is 0 Å². The summed E-state index contributed by atoms with van der Waals surface area (Å²) in [5.41, 5.74) is 2.07. The minimum atomic E-state index is -0.402. The average molecular weight is 371 g/mol. The van der Waals surface area contributed by atoms with E-state index >= 15 is 0 Å². The van der Waals surface area contributed by atoms with Crippen molar-refractivity contribution >= 4 is 22.4 Å². The Labute approximate surface area is 165 Å². The lowest BCUT2D eigenvalue weighted by atomic mass is 9.85. The second kappa shape index (κ2) is 6.95. The van der Waals surface area contributed by atoms with Crippen LogP contribution in [-0.4, -0.2) is 36.1 Å². The summed E-state index contributed by atoms with van der Waals surface area (Å²) in [5, 5.41) is 5.65. The Bertz CT molecular complexity index is 993. The number of hydrogen-bond acceptors (Lipinski definition) is 3. The predicted molar refractivity (Wildman–Crippen MR) is 113 cm³/mol. The molecule has 0 unspecified atom stereocenters. The van der Waals surface area contributed by atoms with Gasteiger partial charge in [-0.25, -0.2) is 0 Å². The van der Waals surface area contributed by atoms with Gasteiger partial charge in [-0.15, -0.1) is 0 Å². The first-order valence-electron chi connectivity index (χ1n) is 10.1. The molecule has 4 heteroatoms. The standard InChI is InChI=1S/C24H25N3O/c28-23-24(27(18-25-23)22-8-2-1-3-9-22)12-14-26(15-13-24)17-19-10-11-20-6-4-5-7-21(20)16-19/h1-11,16H,12-15,17-18H2,(H,25,28). The van der Waals surface area contributed by atoms with Gasteiger partial charge in [-0.05, 0) is 47.4 Å². The van der Waals surface area contributed by atoms with Crippen molar-refractivity contribution in [2.45, 2.75) is 24.9 Å². The van der Waals surface area contributed by atoms with Gasteiger partial charge in [0.1, 0.15) is 5.54 Å². The predicted octanol–water partition coefficient (Wildman–Crippen LogP) is 3.77. The third kappa shape index (κ3) is 2.94. The van der Waals surface area contributed by atoms with Crippen LogP contribution in [0.4, 0.5) is 5.69 Å². The van der Waals surface area contributed by atoms with E-state index in [0.717, 1.165) is 38.2 Å². The third-order valence-electron chi connectivity index (χ3n) is 6.31. The van der Waals surface area contributed by atoms with Crippen molar-refractivity contribution in [3.63, 3.8) is 0 Å². The fourth-order valence-electron chi connectivity index (χ4n) is 4.71. The van der Waals surface area contributed by atoms with E-state index in [1.165, 1.54) is 16.3 Å². The minimum absolute atomic E-state index is 0.182. The van der Waals surface area contributed by atoms with Crippen LogP contribution in [-0.2, 0) is 11.3 Å². The van der Waals surface area contributed by atoms with Gasteiger partial charge < -0.3 is 10.2 Å². The SMILES string of the molecule is O=C1NCN(c2ccccc2)C12CCN(Cc1ccc3ccccc3c1)CC2. The van der Waals surface area contributed by atoms with E-state index in [2.05, 4.69) is 69.7 Å². The second-order valence-electron chi connectivity index (χ2n) is 7.92. The fourth-order valence-corrected chi connectivity index (χ4v) is 4.71. The van der Waals surface area contributed by atoms with Gasteiger partial charge in [0.15, 0.2) is 0 Å². The van der Waals surface area contributed by atoms with Crippen molar-refractivity contribution < 1.29 is 4.79 Å². The monoisotopic (exact) mass is 371 g/mol. The zero-order valence-electron chi connectivity index (χ0n) is 16.0. The molecule has 3 aromatic carbocycles. The molecule has 1 N–H and O–H groups in total. The zero-order valence-corrected chi connectivity index (χ0v) is 16.0. The molecular formula is C24H25N3O. The molecule has 0 aliphatic carbocycles. The normalized spacial score (nSPS) is 19.3. The van der Waals surface area contributed by atoms with Crippen LogP contribution in [0.25, 0.3) is 10.8 Å². The number of piperidine rings is 1. The maximum atomic E-state index is 12.8. The second-order valence-corrected chi connectivity index (χ2v) is 7.92. The van der Waals surface area contributed by atoms with Crippen molar-refractivity contribution in [3.05, 3.63) is 78.4 Å². The van der Waals surface area contributed by atoms with Crippen LogP contribution in [0.1, 0.15) is 18.4 Å². The molecule has 2 aliphatic rings. The number of rotatable bonds is 3. The quantitative estimate of drug-likeness (QED) is 0.761. The first-order valence-corrected chi connectivity index (χ1v) is 10.1. The summed E-state index contributed by atoms with van der Waals surface area (Å²) in [4.78, 5) is 17.5. The van der Waals surface area contributed by atoms with Gasteiger partial charge in [0.25, 0.3) is 0 Å². The lowest BCUT2D eigenvalue weighted by molar-refractivity contribution is -0.125. The van der Waals surface area contributed by atoms with Crippen LogP contribution in [0.15, 0.2) is 72.8 Å². The van der Waals surface area contributed by atoms with Gasteiger partial charge in [-0.3, -0.25) is 9.69 Å². The Morgan fingerprint density at radius 3 is 2.36 bits per heavy atom. The Morgan fingerprint density at radius 1 is 0.857 bits per heavy atom. The molecule has 0 atom stereocenters. The molecule has 2 fully saturated rings. The van der Waals surface area contributed by atoms with Crippen molar-refractivity contribution in [1.29, 1.82) is 0 Å². The first kappa shape index (κ1) is 17.3. The molecule has 28 heavy (non-hydrogen) atoms. The first-order chi connectivity index (χ1) is 13.7. The summed E-state index contributed by atoms with van der Waals surface area (Å²) >= 11 is 0. The van der Waals surface area contributed by atoms with Crippen LogP contribution in [0.5, 0.6) is 0 Å². The number of benzene rings is 3. The zero-order chi connectivity index (χ0) is 19.0. The summed E-state index contributed by atoms with van der Waals surface area (Å²) in [5.74, 6) is 0.182. The number of carbonyl (C=O) groups is 1. The summed E-state index contributed by atoms with van der Waals surface area (Å²) in [6, 6.07) is 25.5. The molecule has 0 bridgehead atoms. The largest absolute Gasteiger partial charge is 0.339 e. The third-order valence-corrected chi connectivity index (χ3v) is 6.31. The van der Waals surface area contributed by atoms with Gasteiger partial charge in [0.2, 0.25) is 5.91 Å². The molecule has 0 radical (unpaired) electrons. The number of likely N-dealkylation sites (tertiary alicyclic amines) is 1. The molecular weight excluding hydrogens is 346 g/mol. The van der Waals surface area contributed by atoms with E-state index in [1.807, 2.05) is 18.2 Å². The van der Waals surface area contributed by atoms with Gasteiger partial charge >= 0.3 is 0 Å². The maximum Gasteiger partial charge on any atom is 0.247 e. The maximum absolute atomic E-state index is 12.8. The van der Waals surface area contributed by atoms with Gasteiger partial charge in [-0.2, -0.15) is 0 Å². The van der Waals surface area contributed by atoms with Crippen LogP contribution >= 0.6 is 0 Å². The van der Waals surface area contributed by atoms with Crippen molar-refractivity contribution in [2.24, 2.45) is 0 Å². The van der Waals surface area contributed by atoms with E-state index in [-0.39, 0.29) is 5.91 Å². The number of para-hydroxylation sites is 1. The number of nitrogens with one attached hydrogen (secondary N) is 1. The van der Waals surface area contributed by atoms with Gasteiger partial charge in [-0.1, -0.05) is 54.6 Å². The van der Waals surface area contributed by atoms with Gasteiger partial charge in [0, 0.05) is 25.3 Å². The molecule has 1 spiro atoms.